The minimum atomic E-state index is 0.330. The van der Waals surface area contributed by atoms with E-state index < -0.39 is 0 Å². The molecule has 0 amide bonds. The number of carbonyl (C=O) groups excluding carboxylic acids is 1. The lowest BCUT2D eigenvalue weighted by Crippen LogP contribution is -2.26. The SMILES string of the molecule is C=C(C)C1CCC2(C)CC=C(C)C(=O)CC12. The Bertz CT molecular complexity index is 364. The van der Waals surface area contributed by atoms with Crippen molar-refractivity contribution in [3.05, 3.63) is 23.8 Å². The van der Waals surface area contributed by atoms with Crippen LogP contribution < -0.4 is 0 Å². The highest BCUT2D eigenvalue weighted by Crippen LogP contribution is 2.54. The van der Waals surface area contributed by atoms with Gasteiger partial charge in [-0.05, 0) is 55.9 Å². The Morgan fingerprint density at radius 3 is 2.88 bits per heavy atom. The van der Waals surface area contributed by atoms with Crippen LogP contribution in [0.25, 0.3) is 0 Å². The molecule has 3 atom stereocenters. The van der Waals surface area contributed by atoms with Crippen LogP contribution in [0.2, 0.25) is 0 Å². The number of allylic oxidation sites excluding steroid dienone is 3. The molecule has 0 bridgehead atoms. The molecule has 0 aromatic rings. The van der Waals surface area contributed by atoms with Gasteiger partial charge in [0.15, 0.2) is 5.78 Å². The molecular weight excluding hydrogens is 196 g/mol. The van der Waals surface area contributed by atoms with Crippen molar-refractivity contribution in [2.45, 2.75) is 46.5 Å². The van der Waals surface area contributed by atoms with E-state index in [4.69, 9.17) is 0 Å². The summed E-state index contributed by atoms with van der Waals surface area (Å²) in [6, 6.07) is 0. The van der Waals surface area contributed by atoms with E-state index in [0.29, 0.717) is 23.0 Å². The largest absolute Gasteiger partial charge is 0.295 e. The number of carbonyl (C=O) groups is 1. The summed E-state index contributed by atoms with van der Waals surface area (Å²) in [6.45, 7) is 10.5. The summed E-state index contributed by atoms with van der Waals surface area (Å²) in [7, 11) is 0. The first-order chi connectivity index (χ1) is 7.44. The molecule has 0 radical (unpaired) electrons. The van der Waals surface area contributed by atoms with Crippen LogP contribution in [0.4, 0.5) is 0 Å². The third kappa shape index (κ3) is 1.77. The van der Waals surface area contributed by atoms with Gasteiger partial charge in [-0.1, -0.05) is 25.2 Å². The molecule has 1 saturated carbocycles. The molecule has 1 fully saturated rings. The first kappa shape index (κ1) is 11.6. The smallest absolute Gasteiger partial charge is 0.158 e. The molecule has 2 rings (SSSR count). The fourth-order valence-electron chi connectivity index (χ4n) is 3.45. The van der Waals surface area contributed by atoms with E-state index in [-0.39, 0.29) is 0 Å². The van der Waals surface area contributed by atoms with E-state index in [1.807, 2.05) is 6.92 Å². The summed E-state index contributed by atoms with van der Waals surface area (Å²) in [5, 5.41) is 0. The Kier molecular flexibility index (Phi) is 2.81. The average Bonchev–Trinajstić information content (AvgIpc) is 2.49. The number of hydrogen-bond donors (Lipinski definition) is 0. The number of fused-ring (bicyclic) bond motifs is 1. The second-order valence-corrected chi connectivity index (χ2v) is 5.97. The standard InChI is InChI=1S/C15H22O/c1-10(2)12-6-8-15(4)7-5-11(3)14(16)9-13(12)15/h5,12-13H,1,6-9H2,2-4H3. The molecule has 16 heavy (non-hydrogen) atoms. The normalized spacial score (nSPS) is 38.9. The van der Waals surface area contributed by atoms with E-state index in [1.165, 1.54) is 18.4 Å². The minimum Gasteiger partial charge on any atom is -0.295 e. The minimum absolute atomic E-state index is 0.330. The van der Waals surface area contributed by atoms with Crippen molar-refractivity contribution in [2.24, 2.45) is 17.3 Å². The molecule has 0 saturated heterocycles. The Morgan fingerprint density at radius 1 is 1.56 bits per heavy atom. The van der Waals surface area contributed by atoms with Gasteiger partial charge in [0.1, 0.15) is 0 Å². The van der Waals surface area contributed by atoms with Crippen LogP contribution in [0.3, 0.4) is 0 Å². The number of hydrogen-bond acceptors (Lipinski definition) is 1. The summed E-state index contributed by atoms with van der Waals surface area (Å²) < 4.78 is 0. The summed E-state index contributed by atoms with van der Waals surface area (Å²) in [4.78, 5) is 12.0. The highest BCUT2D eigenvalue weighted by Gasteiger charge is 2.46. The maximum atomic E-state index is 12.0. The van der Waals surface area contributed by atoms with Crippen LogP contribution in [0.15, 0.2) is 23.8 Å². The van der Waals surface area contributed by atoms with Gasteiger partial charge >= 0.3 is 0 Å². The molecule has 3 unspecified atom stereocenters. The van der Waals surface area contributed by atoms with Gasteiger partial charge in [-0.15, -0.1) is 0 Å². The highest BCUT2D eigenvalue weighted by molar-refractivity contribution is 5.95. The van der Waals surface area contributed by atoms with E-state index in [0.717, 1.165) is 18.4 Å². The number of ketones is 1. The van der Waals surface area contributed by atoms with Gasteiger partial charge in [0.05, 0.1) is 0 Å². The monoisotopic (exact) mass is 218 g/mol. The van der Waals surface area contributed by atoms with Crippen molar-refractivity contribution >= 4 is 5.78 Å². The average molecular weight is 218 g/mol. The van der Waals surface area contributed by atoms with Gasteiger partial charge in [-0.2, -0.15) is 0 Å². The third-order valence-corrected chi connectivity index (χ3v) is 4.76. The molecule has 0 heterocycles. The zero-order valence-electron chi connectivity index (χ0n) is 10.7. The van der Waals surface area contributed by atoms with Crippen molar-refractivity contribution < 1.29 is 4.79 Å². The Hall–Kier alpha value is -0.850. The molecule has 1 heteroatoms. The van der Waals surface area contributed by atoms with Crippen molar-refractivity contribution in [1.82, 2.24) is 0 Å². The maximum Gasteiger partial charge on any atom is 0.158 e. The first-order valence-corrected chi connectivity index (χ1v) is 6.29. The van der Waals surface area contributed by atoms with E-state index in [9.17, 15) is 4.79 Å². The molecule has 88 valence electrons. The van der Waals surface area contributed by atoms with Gasteiger partial charge < -0.3 is 0 Å². The lowest BCUT2D eigenvalue weighted by Gasteiger charge is -2.32. The number of rotatable bonds is 1. The molecule has 0 aliphatic heterocycles. The van der Waals surface area contributed by atoms with E-state index in [1.54, 1.807) is 0 Å². The molecule has 1 nitrogen and oxygen atoms in total. The molecule has 0 aromatic carbocycles. The molecular formula is C15H22O. The van der Waals surface area contributed by atoms with Crippen molar-refractivity contribution in [3.63, 3.8) is 0 Å². The van der Waals surface area contributed by atoms with Gasteiger partial charge in [0.2, 0.25) is 0 Å². The first-order valence-electron chi connectivity index (χ1n) is 6.29. The van der Waals surface area contributed by atoms with Crippen LogP contribution in [-0.4, -0.2) is 5.78 Å². The quantitative estimate of drug-likeness (QED) is 0.610. The molecule has 0 aromatic heterocycles. The van der Waals surface area contributed by atoms with Crippen molar-refractivity contribution in [1.29, 1.82) is 0 Å². The predicted octanol–water partition coefficient (Wildman–Crippen LogP) is 3.90. The summed E-state index contributed by atoms with van der Waals surface area (Å²) in [6.07, 6.45) is 6.42. The van der Waals surface area contributed by atoms with E-state index in [2.05, 4.69) is 26.5 Å². The Balaban J connectivity index is 2.30. The van der Waals surface area contributed by atoms with Gasteiger partial charge in [0.25, 0.3) is 0 Å². The lowest BCUT2D eigenvalue weighted by molar-refractivity contribution is -0.117. The van der Waals surface area contributed by atoms with Gasteiger partial charge in [-0.3, -0.25) is 4.79 Å². The van der Waals surface area contributed by atoms with Gasteiger partial charge in [0, 0.05) is 6.42 Å². The maximum absolute atomic E-state index is 12.0. The Labute approximate surface area is 98.6 Å². The van der Waals surface area contributed by atoms with Crippen molar-refractivity contribution in [2.75, 3.05) is 0 Å². The van der Waals surface area contributed by atoms with Crippen LogP contribution >= 0.6 is 0 Å². The molecule has 0 N–H and O–H groups in total. The highest BCUT2D eigenvalue weighted by atomic mass is 16.1. The zero-order chi connectivity index (χ0) is 11.9. The lowest BCUT2D eigenvalue weighted by atomic mass is 9.72. The van der Waals surface area contributed by atoms with Gasteiger partial charge in [-0.25, -0.2) is 0 Å². The fraction of sp³-hybridized carbons (Fsp3) is 0.667. The predicted molar refractivity (Wildman–Crippen MR) is 67.1 cm³/mol. The Morgan fingerprint density at radius 2 is 2.25 bits per heavy atom. The van der Waals surface area contributed by atoms with Crippen LogP contribution in [0, 0.1) is 17.3 Å². The topological polar surface area (TPSA) is 17.1 Å². The van der Waals surface area contributed by atoms with Crippen molar-refractivity contribution in [3.8, 4) is 0 Å². The second-order valence-electron chi connectivity index (χ2n) is 5.97. The summed E-state index contributed by atoms with van der Waals surface area (Å²) >= 11 is 0. The van der Waals surface area contributed by atoms with Crippen LogP contribution in [0.5, 0.6) is 0 Å². The fourth-order valence-corrected chi connectivity index (χ4v) is 3.45. The second kappa shape index (κ2) is 3.87. The molecule has 2 aliphatic carbocycles. The van der Waals surface area contributed by atoms with Crippen LogP contribution in [-0.2, 0) is 4.79 Å². The molecule has 2 aliphatic rings. The summed E-state index contributed by atoms with van der Waals surface area (Å²) in [5.74, 6) is 1.43. The zero-order valence-corrected chi connectivity index (χ0v) is 10.7. The number of Topliss-reactive ketones (excluding diaryl/α,β-unsaturated/α-hetero) is 1. The summed E-state index contributed by atoms with van der Waals surface area (Å²) in [5.41, 5.74) is 2.56. The molecule has 0 spiro atoms. The van der Waals surface area contributed by atoms with Crippen LogP contribution in [0.1, 0.15) is 46.5 Å². The third-order valence-electron chi connectivity index (χ3n) is 4.76. The van der Waals surface area contributed by atoms with E-state index >= 15 is 0 Å².